The molecule has 1 amide bonds. The van der Waals surface area contributed by atoms with E-state index < -0.39 is 6.09 Å². The summed E-state index contributed by atoms with van der Waals surface area (Å²) in [6.07, 6.45) is -0.980. The molecule has 3 nitrogen and oxygen atoms in total. The summed E-state index contributed by atoms with van der Waals surface area (Å²) in [5.41, 5.74) is 0. The van der Waals surface area contributed by atoms with Gasteiger partial charge in [0.25, 0.3) is 0 Å². The number of carboxylic acid groups (broad SMARTS) is 1. The molecule has 0 saturated heterocycles. The number of nitrogens with one attached hydrogen (secondary N) is 1. The Bertz CT molecular complexity index is 70.3. The minimum Gasteiger partial charge on any atom is -0.464 e. The molecule has 2 N–H and O–H groups in total. The smallest absolute Gasteiger partial charge is 0.414 e. The van der Waals surface area contributed by atoms with Gasteiger partial charge >= 0.3 is 6.09 Å². The Hall–Kier alpha value is 0.243. The Kier molecular flexibility index (Phi) is 10.0. The predicted molar refractivity (Wildman–Crippen MR) is 29.3 cm³/mol. The van der Waals surface area contributed by atoms with Crippen LogP contribution in [0.4, 0.5) is 4.79 Å². The molecule has 0 heterocycles. The van der Waals surface area contributed by atoms with Crippen LogP contribution < -0.4 is 4.72 Å². The molecule has 0 aliphatic rings. The van der Waals surface area contributed by atoms with E-state index in [9.17, 15) is 4.79 Å². The third-order valence-corrected chi connectivity index (χ3v) is 0.911. The van der Waals surface area contributed by atoms with E-state index in [1.807, 2.05) is 6.92 Å². The van der Waals surface area contributed by atoms with Crippen molar-refractivity contribution in [2.45, 2.75) is 6.92 Å². The summed E-state index contributed by atoms with van der Waals surface area (Å²) < 4.78 is 2.13. The molecule has 44 valence electrons. The summed E-state index contributed by atoms with van der Waals surface area (Å²) in [4.78, 5) is 9.63. The zero-order chi connectivity index (χ0) is 5.70. The molecule has 0 aromatic rings. The molecule has 0 unspecified atom stereocenters. The number of hydrogen-bond acceptors (Lipinski definition) is 2. The molecule has 0 saturated carbocycles. The van der Waals surface area contributed by atoms with E-state index in [1.54, 1.807) is 0 Å². The molecule has 0 atom stereocenters. The van der Waals surface area contributed by atoms with Gasteiger partial charge in [-0.25, -0.2) is 4.79 Å². The van der Waals surface area contributed by atoms with Crippen LogP contribution >= 0.6 is 11.9 Å². The molecule has 0 radical (unpaired) electrons. The van der Waals surface area contributed by atoms with Crippen LogP contribution in [0.1, 0.15) is 6.92 Å². The van der Waals surface area contributed by atoms with Crippen molar-refractivity contribution >= 4 is 18.0 Å². The fourth-order valence-corrected chi connectivity index (χ4v) is 0.402. The average Bonchev–Trinajstić information content (AvgIpc) is 1.61. The van der Waals surface area contributed by atoms with Crippen LogP contribution in [0.15, 0.2) is 0 Å². The first-order chi connectivity index (χ1) is 3.27. The second-order valence-corrected chi connectivity index (χ2v) is 1.91. The normalized spacial score (nSPS) is 7.12. The van der Waals surface area contributed by atoms with Gasteiger partial charge in [0.15, 0.2) is 0 Å². The second-order valence-electron chi connectivity index (χ2n) is 0.840. The summed E-state index contributed by atoms with van der Waals surface area (Å²) >= 11 is 1.17. The van der Waals surface area contributed by atoms with Crippen molar-refractivity contribution in [3.8, 4) is 0 Å². The first-order valence-electron chi connectivity index (χ1n) is 1.88. The Morgan fingerprint density at radius 2 is 2.38 bits per heavy atom. The Morgan fingerprint density at radius 1 is 1.88 bits per heavy atom. The molecule has 0 aliphatic carbocycles. The largest absolute Gasteiger partial charge is 0.464 e. The van der Waals surface area contributed by atoms with Gasteiger partial charge < -0.3 is 5.11 Å². The number of carbonyl (C=O) groups is 1. The van der Waals surface area contributed by atoms with Crippen LogP contribution in [0.5, 0.6) is 0 Å². The van der Waals surface area contributed by atoms with Crippen molar-refractivity contribution < 1.29 is 29.4 Å². The minimum atomic E-state index is -0.980. The van der Waals surface area contributed by atoms with Gasteiger partial charge in [0.05, 0.1) is 0 Å². The van der Waals surface area contributed by atoms with Crippen LogP contribution in [0, 0.1) is 0 Å². The molecule has 0 aromatic heterocycles. The van der Waals surface area contributed by atoms with E-state index in [0.29, 0.717) is 0 Å². The third-order valence-electron chi connectivity index (χ3n) is 0.304. The van der Waals surface area contributed by atoms with Gasteiger partial charge in [0, 0.05) is 25.2 Å². The summed E-state index contributed by atoms with van der Waals surface area (Å²) in [5.74, 6) is 0.770. The van der Waals surface area contributed by atoms with Crippen molar-refractivity contribution in [3.63, 3.8) is 0 Å². The maximum Gasteiger partial charge on any atom is 0.414 e. The van der Waals surface area contributed by atoms with Crippen molar-refractivity contribution in [1.82, 2.24) is 4.72 Å². The third kappa shape index (κ3) is 9.53. The Balaban J connectivity index is 0. The first-order valence-corrected chi connectivity index (χ1v) is 2.86. The molecule has 0 bridgehead atoms. The maximum absolute atomic E-state index is 9.63. The zero-order valence-corrected chi connectivity index (χ0v) is 8.46. The van der Waals surface area contributed by atoms with E-state index in [-0.39, 0.29) is 19.5 Å². The van der Waals surface area contributed by atoms with Crippen LogP contribution in [-0.4, -0.2) is 17.0 Å². The van der Waals surface area contributed by atoms with Gasteiger partial charge in [-0.15, -0.1) is 0 Å². The molecule has 0 fully saturated rings. The zero-order valence-electron chi connectivity index (χ0n) is 4.68. The number of amides is 1. The first kappa shape index (κ1) is 11.1. The molecule has 0 aromatic carbocycles. The Morgan fingerprint density at radius 3 is 2.50 bits per heavy atom. The van der Waals surface area contributed by atoms with Crippen molar-refractivity contribution in [1.29, 1.82) is 0 Å². The Labute approximate surface area is 65.1 Å². The molecule has 5 heteroatoms. The summed E-state index contributed by atoms with van der Waals surface area (Å²) in [6, 6.07) is 0. The monoisotopic (exact) mass is 185 g/mol. The van der Waals surface area contributed by atoms with Gasteiger partial charge in [-0.05, 0) is 11.9 Å². The number of rotatable bonds is 2. The van der Waals surface area contributed by atoms with E-state index in [4.69, 9.17) is 5.11 Å². The fraction of sp³-hybridized carbons (Fsp3) is 0.667. The van der Waals surface area contributed by atoms with Crippen LogP contribution in [0.25, 0.3) is 0 Å². The van der Waals surface area contributed by atoms with Gasteiger partial charge in [0.1, 0.15) is 0 Å². The van der Waals surface area contributed by atoms with Gasteiger partial charge in [-0.1, -0.05) is 6.92 Å². The average molecular weight is 187 g/mol. The summed E-state index contributed by atoms with van der Waals surface area (Å²) in [6.45, 7) is 1.88. The minimum absolute atomic E-state index is 0. The van der Waals surface area contributed by atoms with Crippen LogP contribution in [0.2, 0.25) is 0 Å². The SMILES string of the molecule is CCSNC(=O)O.[Zn]. The van der Waals surface area contributed by atoms with Crippen molar-refractivity contribution in [3.05, 3.63) is 0 Å². The standard InChI is InChI=1S/C3H7NO2S.Zn/c1-2-7-4-3(5)6;/h4H,2H2,1H3,(H,5,6);. The van der Waals surface area contributed by atoms with Gasteiger partial charge in [0.2, 0.25) is 0 Å². The van der Waals surface area contributed by atoms with Crippen molar-refractivity contribution in [2.75, 3.05) is 5.75 Å². The molecule has 8 heavy (non-hydrogen) atoms. The number of hydrogen-bond donors (Lipinski definition) is 2. The topological polar surface area (TPSA) is 49.3 Å². The van der Waals surface area contributed by atoms with Gasteiger partial charge in [-0.3, -0.25) is 4.72 Å². The van der Waals surface area contributed by atoms with E-state index in [2.05, 4.69) is 4.72 Å². The summed E-state index contributed by atoms with van der Waals surface area (Å²) in [5, 5.41) is 7.91. The van der Waals surface area contributed by atoms with Gasteiger partial charge in [-0.2, -0.15) is 0 Å². The van der Waals surface area contributed by atoms with Crippen LogP contribution in [-0.2, 0) is 19.5 Å². The predicted octanol–water partition coefficient (Wildman–Crippen LogP) is 0.920. The quantitative estimate of drug-likeness (QED) is 0.498. The molecule has 0 spiro atoms. The second kappa shape index (κ2) is 7.24. The van der Waals surface area contributed by atoms with E-state index in [0.717, 1.165) is 5.75 Å². The maximum atomic E-state index is 9.63. The van der Waals surface area contributed by atoms with Crippen molar-refractivity contribution in [2.24, 2.45) is 0 Å². The molecule has 0 rings (SSSR count). The summed E-state index contributed by atoms with van der Waals surface area (Å²) in [7, 11) is 0. The van der Waals surface area contributed by atoms with E-state index >= 15 is 0 Å². The molecular weight excluding hydrogens is 179 g/mol. The molecule has 0 aliphatic heterocycles. The van der Waals surface area contributed by atoms with Crippen LogP contribution in [0.3, 0.4) is 0 Å². The fourth-order valence-electron chi connectivity index (χ4n) is 0.134. The molecular formula is C3H7NO2SZn. The van der Waals surface area contributed by atoms with E-state index in [1.165, 1.54) is 11.9 Å².